The summed E-state index contributed by atoms with van der Waals surface area (Å²) in [6, 6.07) is 59.8. The molecule has 0 amide bonds. The molecule has 0 nitrogen and oxygen atoms in total. The molecule has 10 aromatic rings. The van der Waals surface area contributed by atoms with Gasteiger partial charge in [-0.25, -0.2) is 0 Å². The van der Waals surface area contributed by atoms with Crippen molar-refractivity contribution in [1.82, 2.24) is 0 Å². The summed E-state index contributed by atoms with van der Waals surface area (Å²) < 4.78 is 5.72. The van der Waals surface area contributed by atoms with Crippen molar-refractivity contribution in [3.63, 3.8) is 0 Å². The summed E-state index contributed by atoms with van der Waals surface area (Å²) in [5, 5.41) is 5.63. The zero-order valence-corrected chi connectivity index (χ0v) is 61.9. The number of fused-ring (bicyclic) bond motifs is 8. The van der Waals surface area contributed by atoms with Gasteiger partial charge >= 0.3 is 37.9 Å². The van der Waals surface area contributed by atoms with Crippen molar-refractivity contribution >= 4 is 131 Å². The number of hydrogen-bond acceptors (Lipinski definition) is 4. The van der Waals surface area contributed by atoms with Crippen molar-refractivity contribution in [2.45, 2.75) is 139 Å². The first kappa shape index (κ1) is 63.7. The Bertz CT molecular complexity index is 3780. The Morgan fingerprint density at radius 3 is 1.15 bits per heavy atom. The van der Waals surface area contributed by atoms with Gasteiger partial charge in [0.15, 0.2) is 0 Å². The van der Waals surface area contributed by atoms with Crippen LogP contribution in [0.3, 0.4) is 0 Å². The zero-order chi connectivity index (χ0) is 58.5. The van der Waals surface area contributed by atoms with Crippen LogP contribution in [0.2, 0.25) is 37.3 Å². The molecular formula is C78H86Cl2S4Si2Zr. The molecule has 16 rings (SSSR count). The maximum atomic E-state index is 4.93. The Hall–Kier alpha value is -3.46. The average Bonchev–Trinajstić information content (AvgIpc) is 1.66. The van der Waals surface area contributed by atoms with Crippen LogP contribution < -0.4 is 0 Å². The Morgan fingerprint density at radius 1 is 0.425 bits per heavy atom. The van der Waals surface area contributed by atoms with Crippen molar-refractivity contribution in [2.24, 2.45) is 35.5 Å². The molecule has 6 aliphatic rings. The molecule has 4 fully saturated rings. The van der Waals surface area contributed by atoms with Gasteiger partial charge in [-0.1, -0.05) is 198 Å². The third-order valence-electron chi connectivity index (χ3n) is 22.4. The van der Waals surface area contributed by atoms with Gasteiger partial charge in [0.2, 0.25) is 0 Å². The molecule has 0 spiro atoms. The van der Waals surface area contributed by atoms with E-state index >= 15 is 0 Å². The second kappa shape index (κ2) is 25.9. The first-order valence-electron chi connectivity index (χ1n) is 31.7. The molecule has 6 aliphatic carbocycles. The van der Waals surface area contributed by atoms with Gasteiger partial charge in [0.25, 0.3) is 0 Å². The third kappa shape index (κ3) is 11.4. The van der Waals surface area contributed by atoms with E-state index in [0.29, 0.717) is 11.1 Å². The zero-order valence-electron chi connectivity index (χ0n) is 52.6. The van der Waals surface area contributed by atoms with E-state index in [1.54, 1.807) is 9.75 Å². The quantitative estimate of drug-likeness (QED) is 0.105. The van der Waals surface area contributed by atoms with E-state index in [-0.39, 0.29) is 14.9 Å². The fourth-order valence-electron chi connectivity index (χ4n) is 19.9. The molecule has 0 radical (unpaired) electrons. The number of allylic oxidation sites excluding steroid dienone is 2. The third-order valence-corrected chi connectivity index (χ3v) is 37.2. The average molecular weight is 1370 g/mol. The van der Waals surface area contributed by atoms with Gasteiger partial charge < -0.3 is 14.9 Å². The van der Waals surface area contributed by atoms with Crippen LogP contribution in [-0.4, -0.2) is 16.1 Å². The van der Waals surface area contributed by atoms with Crippen LogP contribution in [0.15, 0.2) is 169 Å². The predicted octanol–water partition coefficient (Wildman–Crippen LogP) is 26.6. The van der Waals surface area contributed by atoms with E-state index in [2.05, 4.69) is 246 Å². The second-order valence-electron chi connectivity index (χ2n) is 27.9. The number of hydrogen-bond donors (Lipinski definition) is 0. The molecule has 0 bridgehead atoms. The van der Waals surface area contributed by atoms with Gasteiger partial charge in [-0.3, -0.25) is 0 Å². The second-order valence-corrected chi connectivity index (χ2v) is 45.8. The number of thiophene rings is 4. The standard InChI is InChI=1S/C38H48S2Si.C38H32S2Si.2CH3.2ClH.Zr/c2*1-23-19-31-27(35-21-25-11-5-7-17-33(25)39-35)13-9-15-29(31)37(23)41(3,4)38-24(2)20-32-28(14-10-16-30(32)38)36-22-26-12-6-8-18-34(26)40-36;;;;;/h5-8,11-12,17-18,21-24,27-32,37-38H,9-10,13-16,19-20H2,1-4H3;5-22,37-38H,1-4H3;2*1H3;2*1H;/q;;2*-1;;;+4/p-2. The molecule has 4 aromatic heterocycles. The van der Waals surface area contributed by atoms with E-state index in [4.69, 9.17) is 17.0 Å². The molecule has 0 aliphatic heterocycles. The van der Waals surface area contributed by atoms with Gasteiger partial charge in [-0.2, -0.15) is 0 Å². The summed E-state index contributed by atoms with van der Waals surface area (Å²) in [5.74, 6) is 7.24. The Balaban J connectivity index is 0.000000159. The van der Waals surface area contributed by atoms with Crippen LogP contribution >= 0.6 is 62.4 Å². The summed E-state index contributed by atoms with van der Waals surface area (Å²) in [4.78, 5) is 6.17. The van der Waals surface area contributed by atoms with Crippen LogP contribution in [0.4, 0.5) is 0 Å². The normalized spacial score (nSPS) is 26.3. The molecule has 0 saturated heterocycles. The molecule has 87 heavy (non-hydrogen) atoms. The van der Waals surface area contributed by atoms with Crippen LogP contribution in [0, 0.1) is 50.4 Å². The summed E-state index contributed by atoms with van der Waals surface area (Å²) in [6.07, 6.45) is 16.8. The molecule has 4 saturated carbocycles. The van der Waals surface area contributed by atoms with Gasteiger partial charge in [0, 0.05) is 49.4 Å². The Labute approximate surface area is 557 Å². The molecule has 12 atom stereocenters. The van der Waals surface area contributed by atoms with Crippen LogP contribution in [-0.2, 0) is 20.8 Å². The first-order valence-corrected chi connectivity index (χ1v) is 47.7. The van der Waals surface area contributed by atoms with E-state index in [0.717, 1.165) is 58.4 Å². The fraction of sp³-hybridized carbons (Fsp3) is 0.359. The number of benzene rings is 6. The van der Waals surface area contributed by atoms with Crippen molar-refractivity contribution in [2.75, 3.05) is 0 Å². The minimum absolute atomic E-state index is 0. The van der Waals surface area contributed by atoms with Gasteiger partial charge in [-0.05, 0) is 201 Å². The minimum atomic E-state index is -1.91. The summed E-state index contributed by atoms with van der Waals surface area (Å²) in [7, 11) is 6.46. The molecular weight excluding hydrogens is 1280 g/mol. The Morgan fingerprint density at radius 2 is 0.782 bits per heavy atom. The van der Waals surface area contributed by atoms with Gasteiger partial charge in [-0.15, -0.1) is 45.3 Å². The maximum absolute atomic E-state index is 4.93. The van der Waals surface area contributed by atoms with Crippen molar-refractivity contribution in [3.05, 3.63) is 216 Å². The van der Waals surface area contributed by atoms with Crippen LogP contribution in [0.25, 0.3) is 73.4 Å². The summed E-state index contributed by atoms with van der Waals surface area (Å²) in [6.45, 7) is 21.2. The molecule has 0 N–H and O–H groups in total. The van der Waals surface area contributed by atoms with Crippen molar-refractivity contribution in [1.29, 1.82) is 0 Å². The summed E-state index contributed by atoms with van der Waals surface area (Å²) in [5.41, 5.74) is 14.8. The van der Waals surface area contributed by atoms with Crippen molar-refractivity contribution in [3.8, 4) is 20.9 Å². The van der Waals surface area contributed by atoms with Gasteiger partial charge in [0.1, 0.15) is 0 Å². The predicted molar refractivity (Wildman–Crippen MR) is 393 cm³/mol. The molecule has 448 valence electrons. The molecule has 12 unspecified atom stereocenters. The van der Waals surface area contributed by atoms with E-state index in [1.165, 1.54) is 146 Å². The Kier molecular flexibility index (Phi) is 19.0. The monoisotopic (exact) mass is 1370 g/mol. The SMILES string of the molecule is CC1=Cc2c(-c3cc4ccccc4s3)cccc2C1[Si](C)(C)C1C(C)=Cc2c(-c3cc4ccccc4s3)cccc21.CC1CC2C(c3cc4ccccc4s3)CCCC2C1[Si](C)(C)C1C(C)CC2C(c3cc4ccccc4s3)CCCC21.[CH3-].[CH3-].[Cl][Zr+2][Cl]. The van der Waals surface area contributed by atoms with E-state index in [9.17, 15) is 0 Å². The number of rotatable bonds is 8. The fourth-order valence-corrected chi connectivity index (χ4v) is 36.3. The van der Waals surface area contributed by atoms with Gasteiger partial charge in [0.05, 0.1) is 16.1 Å². The topological polar surface area (TPSA) is 0 Å². The molecule has 4 heterocycles. The molecule has 6 aromatic carbocycles. The molecule has 9 heteroatoms. The number of halogens is 2. The van der Waals surface area contributed by atoms with E-state index < -0.39 is 37.0 Å². The summed E-state index contributed by atoms with van der Waals surface area (Å²) >= 11 is 7.24. The van der Waals surface area contributed by atoms with Crippen LogP contribution in [0.1, 0.15) is 134 Å². The van der Waals surface area contributed by atoms with Crippen molar-refractivity contribution < 1.29 is 20.8 Å². The first-order chi connectivity index (χ1) is 41.2. The van der Waals surface area contributed by atoms with E-state index in [1.807, 2.05) is 22.7 Å². The van der Waals surface area contributed by atoms with Crippen LogP contribution in [0.5, 0.6) is 0 Å².